The number of aromatic amines is 2. The Morgan fingerprint density at radius 1 is 1.19 bits per heavy atom. The average Bonchev–Trinajstić information content (AvgIpc) is 3.21. The predicted octanol–water partition coefficient (Wildman–Crippen LogP) is 3.54. The quantitative estimate of drug-likeness (QED) is 0.604. The van der Waals surface area contributed by atoms with Crippen molar-refractivity contribution in [3.05, 3.63) is 46.9 Å². The van der Waals surface area contributed by atoms with E-state index < -0.39 is 35.3 Å². The van der Waals surface area contributed by atoms with Gasteiger partial charge in [-0.15, -0.1) is 0 Å². The molecule has 136 valence electrons. The van der Waals surface area contributed by atoms with E-state index in [4.69, 9.17) is 0 Å². The molecule has 4 rings (SSSR count). The van der Waals surface area contributed by atoms with E-state index in [9.17, 15) is 26.7 Å². The molecular weight excluding hydrogens is 359 g/mol. The normalized spacial score (nSPS) is 16.9. The van der Waals surface area contributed by atoms with Crippen LogP contribution in [0, 0.1) is 17.6 Å². The van der Waals surface area contributed by atoms with Crippen molar-refractivity contribution in [1.82, 2.24) is 15.2 Å². The highest BCUT2D eigenvalue weighted by Gasteiger charge is 2.42. The molecule has 10 heteroatoms. The van der Waals surface area contributed by atoms with Gasteiger partial charge in [-0.1, -0.05) is 0 Å². The largest absolute Gasteiger partial charge is 0.435 e. The minimum Gasteiger partial charge on any atom is -0.359 e. The van der Waals surface area contributed by atoms with Gasteiger partial charge < -0.3 is 10.3 Å². The molecule has 1 amide bonds. The third-order valence-electron chi connectivity index (χ3n) is 4.47. The fourth-order valence-electron chi connectivity index (χ4n) is 3.23. The lowest BCUT2D eigenvalue weighted by Gasteiger charge is -2.11. The summed E-state index contributed by atoms with van der Waals surface area (Å²) in [5.74, 6) is -3.31. The molecule has 1 aliphatic carbocycles. The first-order valence-corrected chi connectivity index (χ1v) is 7.64. The summed E-state index contributed by atoms with van der Waals surface area (Å²) < 4.78 is 65.4. The predicted molar refractivity (Wildman–Crippen MR) is 81.3 cm³/mol. The van der Waals surface area contributed by atoms with Crippen LogP contribution < -0.4 is 5.32 Å². The van der Waals surface area contributed by atoms with Gasteiger partial charge in [-0.05, 0) is 12.5 Å². The molecule has 1 unspecified atom stereocenters. The topological polar surface area (TPSA) is 73.6 Å². The van der Waals surface area contributed by atoms with Crippen LogP contribution in [0.4, 0.5) is 27.6 Å². The number of nitrogens with zero attached hydrogens (tertiary/aromatic N) is 1. The van der Waals surface area contributed by atoms with Gasteiger partial charge >= 0.3 is 6.18 Å². The van der Waals surface area contributed by atoms with E-state index in [0.29, 0.717) is 5.52 Å². The van der Waals surface area contributed by atoms with E-state index >= 15 is 0 Å². The standard InChI is InChI=1S/C16H11F5N4O/c17-9-3-7-11(4-10(9)18)22-5-13(7)23-15(26)6-1-8-12(2-6)24-25-14(8)16(19,20)21/h3-6,22H,1-2H2,(H,23,26)(H,24,25). The van der Waals surface area contributed by atoms with Gasteiger partial charge in [-0.3, -0.25) is 9.89 Å². The third kappa shape index (κ3) is 2.61. The van der Waals surface area contributed by atoms with Gasteiger partial charge in [0.05, 0.1) is 11.2 Å². The first-order chi connectivity index (χ1) is 12.2. The number of carbonyl (C=O) groups excluding carboxylic acids is 1. The number of nitrogens with one attached hydrogen (secondary N) is 3. The van der Waals surface area contributed by atoms with E-state index in [-0.39, 0.29) is 35.2 Å². The van der Waals surface area contributed by atoms with Crippen molar-refractivity contribution >= 4 is 22.5 Å². The van der Waals surface area contributed by atoms with Crippen LogP contribution in [-0.4, -0.2) is 21.1 Å². The Hall–Kier alpha value is -2.91. The number of amides is 1. The third-order valence-corrected chi connectivity index (χ3v) is 4.47. The van der Waals surface area contributed by atoms with Gasteiger partial charge in [0.2, 0.25) is 5.91 Å². The highest BCUT2D eigenvalue weighted by molar-refractivity contribution is 6.02. The van der Waals surface area contributed by atoms with E-state index in [1.165, 1.54) is 6.20 Å². The zero-order valence-corrected chi connectivity index (χ0v) is 13.0. The molecule has 0 radical (unpaired) electrons. The SMILES string of the molecule is O=C(Nc1c[nH]c2cc(F)c(F)cc12)C1Cc2[nH]nc(C(F)(F)F)c2C1. The van der Waals surface area contributed by atoms with Gasteiger partial charge in [-0.25, -0.2) is 8.78 Å². The average molecular weight is 370 g/mol. The molecule has 0 spiro atoms. The number of carbonyl (C=O) groups is 1. The number of aromatic nitrogens is 3. The summed E-state index contributed by atoms with van der Waals surface area (Å²) in [5.41, 5.74) is -0.213. The minimum atomic E-state index is -4.59. The number of anilines is 1. The minimum absolute atomic E-state index is 0.00954. The molecule has 5 nitrogen and oxygen atoms in total. The van der Waals surface area contributed by atoms with Crippen LogP contribution in [0.25, 0.3) is 10.9 Å². The molecular formula is C16H11F5N4O. The summed E-state index contributed by atoms with van der Waals surface area (Å²) in [6.45, 7) is 0. The summed E-state index contributed by atoms with van der Waals surface area (Å²) in [7, 11) is 0. The Labute approximate surface area is 142 Å². The number of alkyl halides is 3. The molecule has 0 saturated carbocycles. The molecule has 1 aromatic carbocycles. The second-order valence-electron chi connectivity index (χ2n) is 6.14. The maximum atomic E-state index is 13.4. The lowest BCUT2D eigenvalue weighted by molar-refractivity contribution is -0.142. The fraction of sp³-hybridized carbons (Fsp3) is 0.250. The van der Waals surface area contributed by atoms with Crippen LogP contribution in [-0.2, 0) is 23.8 Å². The number of H-pyrrole nitrogens is 2. The molecule has 2 heterocycles. The summed E-state index contributed by atoms with van der Waals surface area (Å²) >= 11 is 0. The molecule has 0 aliphatic heterocycles. The second-order valence-corrected chi connectivity index (χ2v) is 6.14. The lowest BCUT2D eigenvalue weighted by atomic mass is 10.0. The zero-order valence-electron chi connectivity index (χ0n) is 13.0. The summed E-state index contributed by atoms with van der Waals surface area (Å²) in [4.78, 5) is 15.1. The van der Waals surface area contributed by atoms with Crippen LogP contribution in [0.2, 0.25) is 0 Å². The Kier molecular flexibility index (Phi) is 3.53. The maximum Gasteiger partial charge on any atom is 0.435 e. The Balaban J connectivity index is 1.55. The number of hydrogen-bond donors (Lipinski definition) is 3. The summed E-state index contributed by atoms with van der Waals surface area (Å²) in [6.07, 6.45) is -3.22. The van der Waals surface area contributed by atoms with Crippen molar-refractivity contribution in [2.75, 3.05) is 5.32 Å². The number of fused-ring (bicyclic) bond motifs is 2. The van der Waals surface area contributed by atoms with E-state index in [1.54, 1.807) is 0 Å². The van der Waals surface area contributed by atoms with E-state index in [0.717, 1.165) is 12.1 Å². The Bertz CT molecular complexity index is 1020. The first-order valence-electron chi connectivity index (χ1n) is 7.64. The van der Waals surface area contributed by atoms with Crippen LogP contribution in [0.3, 0.4) is 0 Å². The van der Waals surface area contributed by atoms with Crippen molar-refractivity contribution in [1.29, 1.82) is 0 Å². The molecule has 26 heavy (non-hydrogen) atoms. The van der Waals surface area contributed by atoms with Crippen molar-refractivity contribution < 1.29 is 26.7 Å². The summed E-state index contributed by atoms with van der Waals surface area (Å²) in [5, 5.41) is 8.44. The van der Waals surface area contributed by atoms with Gasteiger partial charge in [0.15, 0.2) is 17.3 Å². The van der Waals surface area contributed by atoms with Crippen LogP contribution >= 0.6 is 0 Å². The van der Waals surface area contributed by atoms with Crippen molar-refractivity contribution in [3.63, 3.8) is 0 Å². The van der Waals surface area contributed by atoms with E-state index in [1.807, 2.05) is 0 Å². The molecule has 2 aromatic heterocycles. The Morgan fingerprint density at radius 3 is 2.65 bits per heavy atom. The van der Waals surface area contributed by atoms with Gasteiger partial charge in [0.25, 0.3) is 0 Å². The molecule has 3 N–H and O–H groups in total. The van der Waals surface area contributed by atoms with Gasteiger partial charge in [-0.2, -0.15) is 18.3 Å². The number of benzene rings is 1. The molecule has 3 aromatic rings. The number of hydrogen-bond acceptors (Lipinski definition) is 2. The highest BCUT2D eigenvalue weighted by atomic mass is 19.4. The van der Waals surface area contributed by atoms with Crippen molar-refractivity contribution in [2.45, 2.75) is 19.0 Å². The van der Waals surface area contributed by atoms with Gasteiger partial charge in [0, 0.05) is 41.2 Å². The number of rotatable bonds is 2. The van der Waals surface area contributed by atoms with Crippen molar-refractivity contribution in [2.24, 2.45) is 5.92 Å². The smallest absolute Gasteiger partial charge is 0.359 e. The molecule has 1 atom stereocenters. The molecule has 0 fully saturated rings. The molecule has 1 aliphatic rings. The van der Waals surface area contributed by atoms with Crippen molar-refractivity contribution in [3.8, 4) is 0 Å². The van der Waals surface area contributed by atoms with Gasteiger partial charge in [0.1, 0.15) is 0 Å². The Morgan fingerprint density at radius 2 is 1.92 bits per heavy atom. The van der Waals surface area contributed by atoms with Crippen LogP contribution in [0.15, 0.2) is 18.3 Å². The maximum absolute atomic E-state index is 13.4. The summed E-state index contributed by atoms with van der Waals surface area (Å²) in [6, 6.07) is 1.90. The highest BCUT2D eigenvalue weighted by Crippen LogP contribution is 2.37. The number of halogens is 5. The fourth-order valence-corrected chi connectivity index (χ4v) is 3.23. The second kappa shape index (κ2) is 5.55. The van der Waals surface area contributed by atoms with E-state index in [2.05, 4.69) is 20.5 Å². The zero-order chi connectivity index (χ0) is 18.6. The molecule has 0 saturated heterocycles. The van der Waals surface area contributed by atoms with Crippen LogP contribution in [0.5, 0.6) is 0 Å². The molecule has 0 bridgehead atoms. The lowest BCUT2D eigenvalue weighted by Crippen LogP contribution is -2.23. The first kappa shape index (κ1) is 16.6. The monoisotopic (exact) mass is 370 g/mol. The van der Waals surface area contributed by atoms with Crippen LogP contribution in [0.1, 0.15) is 17.0 Å².